The van der Waals surface area contributed by atoms with Crippen molar-refractivity contribution < 1.29 is 14.4 Å². The number of nitrogens with one attached hydrogen (secondary N) is 1. The molecule has 27 heavy (non-hydrogen) atoms. The van der Waals surface area contributed by atoms with E-state index in [-0.39, 0.29) is 18.4 Å². The zero-order valence-electron chi connectivity index (χ0n) is 14.7. The number of aryl methyl sites for hydroxylation is 1. The molecule has 1 fully saturated rings. The summed E-state index contributed by atoms with van der Waals surface area (Å²) in [7, 11) is 0. The van der Waals surface area contributed by atoms with Gasteiger partial charge in [-0.05, 0) is 47.4 Å². The second-order valence-electron chi connectivity index (χ2n) is 7.32. The van der Waals surface area contributed by atoms with Gasteiger partial charge in [0.25, 0.3) is 5.91 Å². The average Bonchev–Trinajstić information content (AvgIpc) is 3.35. The van der Waals surface area contributed by atoms with Crippen LogP contribution in [0.15, 0.2) is 35.7 Å². The van der Waals surface area contributed by atoms with Crippen LogP contribution in [0.1, 0.15) is 28.0 Å². The number of urea groups is 1. The number of thiophene rings is 1. The van der Waals surface area contributed by atoms with Crippen molar-refractivity contribution in [2.24, 2.45) is 0 Å². The van der Waals surface area contributed by atoms with Crippen LogP contribution in [0.25, 0.3) is 0 Å². The summed E-state index contributed by atoms with van der Waals surface area (Å²) in [4.78, 5) is 42.6. The minimum atomic E-state index is -1.00. The van der Waals surface area contributed by atoms with Crippen LogP contribution in [-0.2, 0) is 34.5 Å². The van der Waals surface area contributed by atoms with Gasteiger partial charge in [0, 0.05) is 18.0 Å². The van der Waals surface area contributed by atoms with Gasteiger partial charge in [0.05, 0.1) is 0 Å². The van der Waals surface area contributed by atoms with Crippen LogP contribution < -0.4 is 5.32 Å². The van der Waals surface area contributed by atoms with Gasteiger partial charge in [0.1, 0.15) is 12.1 Å². The Bertz CT molecular complexity index is 969. The second-order valence-corrected chi connectivity index (χ2v) is 8.32. The number of hydrogen-bond donors (Lipinski definition) is 1. The fraction of sp³-hybridized carbons (Fsp3) is 0.350. The molecule has 1 spiro atoms. The lowest BCUT2D eigenvalue weighted by Gasteiger charge is -2.28. The molecule has 2 aliphatic heterocycles. The van der Waals surface area contributed by atoms with Crippen molar-refractivity contribution in [3.8, 4) is 0 Å². The van der Waals surface area contributed by atoms with Crippen LogP contribution in [0, 0.1) is 0 Å². The van der Waals surface area contributed by atoms with Crippen molar-refractivity contribution in [2.75, 3.05) is 13.1 Å². The molecular formula is C20H19N3O3S. The fourth-order valence-corrected chi connectivity index (χ4v) is 5.32. The van der Waals surface area contributed by atoms with Gasteiger partial charge in [-0.25, -0.2) is 4.79 Å². The number of amides is 4. The standard InChI is InChI=1S/C20H19N3O3S/c24-17(22-9-6-16-14(11-22)7-10-27-16)12-23-18(25)20(21-19(23)26)8-5-13-3-1-2-4-15(13)20/h1-4,7,10H,5-6,8-9,11-12H2,(H,21,26)/t20-/m0/s1. The summed E-state index contributed by atoms with van der Waals surface area (Å²) < 4.78 is 0. The number of rotatable bonds is 2. The Kier molecular flexibility index (Phi) is 3.62. The number of nitrogens with zero attached hydrogens (tertiary/aromatic N) is 2. The SMILES string of the molecule is O=C(CN1C(=O)N[C@]2(CCc3ccccc32)C1=O)N1CCc2sccc2C1. The molecular weight excluding hydrogens is 362 g/mol. The van der Waals surface area contributed by atoms with Crippen molar-refractivity contribution in [1.82, 2.24) is 15.1 Å². The van der Waals surface area contributed by atoms with Crippen LogP contribution in [0.4, 0.5) is 4.79 Å². The number of carbonyl (C=O) groups excluding carboxylic acids is 3. The maximum atomic E-state index is 13.2. The van der Waals surface area contributed by atoms with E-state index in [0.29, 0.717) is 19.5 Å². The molecule has 3 heterocycles. The molecule has 6 nitrogen and oxygen atoms in total. The molecule has 0 unspecified atom stereocenters. The third-order valence-corrected chi connectivity index (χ3v) is 6.90. The number of carbonyl (C=O) groups is 3. The molecule has 0 radical (unpaired) electrons. The van der Waals surface area contributed by atoms with Gasteiger partial charge in [-0.15, -0.1) is 11.3 Å². The third kappa shape index (κ3) is 2.41. The fourth-order valence-electron chi connectivity index (χ4n) is 4.43. The largest absolute Gasteiger partial charge is 0.336 e. The Balaban J connectivity index is 1.35. The molecule has 3 aliphatic rings. The van der Waals surface area contributed by atoms with Crippen molar-refractivity contribution >= 4 is 29.2 Å². The van der Waals surface area contributed by atoms with E-state index in [4.69, 9.17) is 0 Å². The van der Waals surface area contributed by atoms with Gasteiger partial charge < -0.3 is 10.2 Å². The maximum Gasteiger partial charge on any atom is 0.325 e. The molecule has 5 rings (SSSR count). The number of imide groups is 1. The molecule has 1 N–H and O–H groups in total. The summed E-state index contributed by atoms with van der Waals surface area (Å²) in [5.74, 6) is -0.488. The van der Waals surface area contributed by atoms with Crippen LogP contribution in [0.3, 0.4) is 0 Å². The summed E-state index contributed by atoms with van der Waals surface area (Å²) in [6.45, 7) is 0.979. The Morgan fingerprint density at radius 3 is 2.89 bits per heavy atom. The van der Waals surface area contributed by atoms with Gasteiger partial charge in [-0.1, -0.05) is 24.3 Å². The average molecular weight is 381 g/mol. The minimum absolute atomic E-state index is 0.182. The van der Waals surface area contributed by atoms with E-state index in [2.05, 4.69) is 5.32 Å². The van der Waals surface area contributed by atoms with E-state index in [1.54, 1.807) is 16.2 Å². The van der Waals surface area contributed by atoms with Crippen LogP contribution >= 0.6 is 11.3 Å². The molecule has 1 atom stereocenters. The summed E-state index contributed by atoms with van der Waals surface area (Å²) in [6, 6.07) is 9.27. The first-order chi connectivity index (χ1) is 13.1. The minimum Gasteiger partial charge on any atom is -0.336 e. The molecule has 138 valence electrons. The molecule has 4 amide bonds. The molecule has 0 bridgehead atoms. The highest BCUT2D eigenvalue weighted by atomic mass is 32.1. The highest BCUT2D eigenvalue weighted by Gasteiger charge is 2.55. The van der Waals surface area contributed by atoms with Gasteiger partial charge in [-0.3, -0.25) is 14.5 Å². The molecule has 7 heteroatoms. The topological polar surface area (TPSA) is 69.7 Å². The molecule has 1 aliphatic carbocycles. The van der Waals surface area contributed by atoms with E-state index in [1.807, 2.05) is 35.7 Å². The van der Waals surface area contributed by atoms with Crippen molar-refractivity contribution in [3.63, 3.8) is 0 Å². The van der Waals surface area contributed by atoms with E-state index < -0.39 is 11.6 Å². The Morgan fingerprint density at radius 2 is 2.00 bits per heavy atom. The Hall–Kier alpha value is -2.67. The van der Waals surface area contributed by atoms with Gasteiger partial charge in [0.2, 0.25) is 5.91 Å². The predicted molar refractivity (Wildman–Crippen MR) is 100 cm³/mol. The first kappa shape index (κ1) is 16.5. The second kappa shape index (κ2) is 5.92. The zero-order valence-corrected chi connectivity index (χ0v) is 15.6. The summed E-state index contributed by atoms with van der Waals surface area (Å²) in [5, 5.41) is 4.91. The van der Waals surface area contributed by atoms with E-state index in [0.717, 1.165) is 34.4 Å². The molecule has 0 saturated carbocycles. The molecule has 2 aromatic rings. The monoisotopic (exact) mass is 381 g/mol. The summed E-state index contributed by atoms with van der Waals surface area (Å²) in [5.41, 5.74) is 2.11. The first-order valence-electron chi connectivity index (χ1n) is 9.14. The lowest BCUT2D eigenvalue weighted by Crippen LogP contribution is -2.45. The number of hydrogen-bond acceptors (Lipinski definition) is 4. The highest BCUT2D eigenvalue weighted by molar-refractivity contribution is 7.10. The van der Waals surface area contributed by atoms with Crippen LogP contribution in [0.5, 0.6) is 0 Å². The van der Waals surface area contributed by atoms with Crippen molar-refractivity contribution in [1.29, 1.82) is 0 Å². The normalized spacial score (nSPS) is 23.6. The highest BCUT2D eigenvalue weighted by Crippen LogP contribution is 2.41. The lowest BCUT2D eigenvalue weighted by molar-refractivity contribution is -0.139. The molecule has 1 aromatic carbocycles. The van der Waals surface area contributed by atoms with E-state index in [1.165, 1.54) is 4.88 Å². The van der Waals surface area contributed by atoms with E-state index in [9.17, 15) is 14.4 Å². The molecule has 1 aromatic heterocycles. The van der Waals surface area contributed by atoms with Gasteiger partial charge in [0.15, 0.2) is 0 Å². The van der Waals surface area contributed by atoms with Crippen molar-refractivity contribution in [3.05, 3.63) is 57.3 Å². The summed E-state index contributed by atoms with van der Waals surface area (Å²) >= 11 is 1.71. The van der Waals surface area contributed by atoms with Crippen LogP contribution in [0.2, 0.25) is 0 Å². The smallest absolute Gasteiger partial charge is 0.325 e. The van der Waals surface area contributed by atoms with Gasteiger partial charge >= 0.3 is 6.03 Å². The summed E-state index contributed by atoms with van der Waals surface area (Å²) in [6.07, 6.45) is 2.12. The van der Waals surface area contributed by atoms with Crippen LogP contribution in [-0.4, -0.2) is 40.7 Å². The number of benzene rings is 1. The zero-order chi connectivity index (χ0) is 18.6. The predicted octanol–water partition coefficient (Wildman–Crippen LogP) is 2.03. The molecule has 1 saturated heterocycles. The van der Waals surface area contributed by atoms with Crippen molar-refractivity contribution in [2.45, 2.75) is 31.3 Å². The Morgan fingerprint density at radius 1 is 1.15 bits per heavy atom. The quantitative estimate of drug-likeness (QED) is 0.810. The maximum absolute atomic E-state index is 13.2. The van der Waals surface area contributed by atoms with Gasteiger partial charge in [-0.2, -0.15) is 0 Å². The third-order valence-electron chi connectivity index (χ3n) is 5.88. The first-order valence-corrected chi connectivity index (χ1v) is 10.0. The lowest BCUT2D eigenvalue weighted by atomic mass is 9.92. The Labute approximate surface area is 160 Å². The van der Waals surface area contributed by atoms with E-state index >= 15 is 0 Å². The number of fused-ring (bicyclic) bond motifs is 3.